The van der Waals surface area contributed by atoms with Crippen molar-refractivity contribution in [1.82, 2.24) is 5.16 Å². The first-order valence-corrected chi connectivity index (χ1v) is 6.77. The van der Waals surface area contributed by atoms with Crippen molar-refractivity contribution in [2.24, 2.45) is 0 Å². The Bertz CT molecular complexity index is 589. The molecule has 1 aliphatic rings. The van der Waals surface area contributed by atoms with E-state index in [0.717, 1.165) is 48.7 Å². The van der Waals surface area contributed by atoms with Gasteiger partial charge in [0.25, 0.3) is 0 Å². The maximum atomic E-state index is 6.01. The van der Waals surface area contributed by atoms with Gasteiger partial charge in [0.05, 0.1) is 12.7 Å². The number of benzene rings is 1. The fourth-order valence-corrected chi connectivity index (χ4v) is 2.68. The third kappa shape index (κ3) is 2.25. The maximum Gasteiger partial charge on any atom is 0.175 e. The van der Waals surface area contributed by atoms with Crippen LogP contribution in [-0.4, -0.2) is 25.5 Å². The van der Waals surface area contributed by atoms with Crippen LogP contribution >= 0.6 is 0 Å². The molecule has 3 rings (SSSR count). The third-order valence-electron chi connectivity index (χ3n) is 3.71. The van der Waals surface area contributed by atoms with Crippen LogP contribution in [0.15, 0.2) is 28.8 Å². The van der Waals surface area contributed by atoms with Crippen LogP contribution in [0.4, 0.5) is 5.82 Å². The van der Waals surface area contributed by atoms with E-state index in [1.807, 2.05) is 24.3 Å². The molecule has 1 aromatic carbocycles. The van der Waals surface area contributed by atoms with Crippen molar-refractivity contribution in [3.8, 4) is 16.9 Å². The van der Waals surface area contributed by atoms with Crippen LogP contribution < -0.4 is 10.5 Å². The van der Waals surface area contributed by atoms with Crippen molar-refractivity contribution in [2.45, 2.75) is 18.8 Å². The molecule has 2 aromatic rings. The number of anilines is 1. The molecule has 0 bridgehead atoms. The summed E-state index contributed by atoms with van der Waals surface area (Å²) in [6, 6.07) is 7.78. The molecule has 0 atom stereocenters. The molecule has 5 nitrogen and oxygen atoms in total. The minimum absolute atomic E-state index is 0.300. The van der Waals surface area contributed by atoms with E-state index in [4.69, 9.17) is 19.7 Å². The van der Waals surface area contributed by atoms with Crippen LogP contribution in [0.5, 0.6) is 5.75 Å². The van der Waals surface area contributed by atoms with E-state index in [1.165, 1.54) is 0 Å². The first-order chi connectivity index (χ1) is 9.81. The smallest absolute Gasteiger partial charge is 0.175 e. The number of nitrogens with two attached hydrogens (primary N) is 1. The van der Waals surface area contributed by atoms with Crippen LogP contribution in [0, 0.1) is 0 Å². The summed E-state index contributed by atoms with van der Waals surface area (Å²) in [5, 5.41) is 3.95. The zero-order valence-electron chi connectivity index (χ0n) is 11.5. The predicted molar refractivity (Wildman–Crippen MR) is 75.7 cm³/mol. The van der Waals surface area contributed by atoms with E-state index in [9.17, 15) is 0 Å². The maximum absolute atomic E-state index is 6.01. The van der Waals surface area contributed by atoms with Crippen LogP contribution in [0.25, 0.3) is 11.1 Å². The molecule has 0 spiro atoms. The Balaban J connectivity index is 2.06. The van der Waals surface area contributed by atoms with Gasteiger partial charge in [0.1, 0.15) is 11.5 Å². The number of aromatic nitrogens is 1. The second-order valence-corrected chi connectivity index (χ2v) is 4.89. The molecule has 1 saturated heterocycles. The zero-order valence-corrected chi connectivity index (χ0v) is 11.5. The van der Waals surface area contributed by atoms with Gasteiger partial charge in [-0.2, -0.15) is 0 Å². The van der Waals surface area contributed by atoms with Gasteiger partial charge in [0, 0.05) is 24.7 Å². The molecule has 2 N–H and O–H groups in total. The minimum atomic E-state index is 0.300. The minimum Gasteiger partial charge on any atom is -0.496 e. The summed E-state index contributed by atoms with van der Waals surface area (Å²) in [5.74, 6) is 2.33. The van der Waals surface area contributed by atoms with Crippen LogP contribution in [0.3, 0.4) is 0 Å². The molecule has 1 fully saturated rings. The fraction of sp³-hybridized carbons (Fsp3) is 0.400. The molecule has 1 aromatic heterocycles. The van der Waals surface area contributed by atoms with Crippen LogP contribution in [-0.2, 0) is 4.74 Å². The number of para-hydroxylation sites is 1. The van der Waals surface area contributed by atoms with Gasteiger partial charge in [-0.3, -0.25) is 0 Å². The molecule has 0 aliphatic carbocycles. The summed E-state index contributed by atoms with van der Waals surface area (Å²) in [6.07, 6.45) is 1.85. The summed E-state index contributed by atoms with van der Waals surface area (Å²) in [6.45, 7) is 1.49. The molecule has 20 heavy (non-hydrogen) atoms. The average molecular weight is 274 g/mol. The number of methoxy groups -OCH3 is 1. The molecular weight excluding hydrogens is 256 g/mol. The lowest BCUT2D eigenvalue weighted by Gasteiger charge is -2.20. The van der Waals surface area contributed by atoms with Gasteiger partial charge in [-0.1, -0.05) is 23.4 Å². The number of hydrogen-bond donors (Lipinski definition) is 1. The lowest BCUT2D eigenvalue weighted by molar-refractivity contribution is 0.0792. The molecule has 0 saturated carbocycles. The van der Waals surface area contributed by atoms with E-state index in [0.29, 0.717) is 11.7 Å². The van der Waals surface area contributed by atoms with Gasteiger partial charge >= 0.3 is 0 Å². The summed E-state index contributed by atoms with van der Waals surface area (Å²) in [5.41, 5.74) is 7.79. The van der Waals surface area contributed by atoms with E-state index in [1.54, 1.807) is 7.11 Å². The first kappa shape index (κ1) is 13.0. The Labute approximate surface area is 117 Å². The van der Waals surface area contributed by atoms with Gasteiger partial charge in [-0.15, -0.1) is 0 Å². The van der Waals surface area contributed by atoms with Gasteiger partial charge in [-0.05, 0) is 18.9 Å². The topological polar surface area (TPSA) is 70.5 Å². The molecule has 5 heteroatoms. The monoisotopic (exact) mass is 274 g/mol. The van der Waals surface area contributed by atoms with Gasteiger partial charge in [0.2, 0.25) is 0 Å². The molecule has 0 unspecified atom stereocenters. The fourth-order valence-electron chi connectivity index (χ4n) is 2.68. The van der Waals surface area contributed by atoms with Gasteiger partial charge in [0.15, 0.2) is 5.82 Å². The predicted octanol–water partition coefficient (Wildman–Crippen LogP) is 2.83. The highest BCUT2D eigenvalue weighted by Crippen LogP contribution is 2.41. The van der Waals surface area contributed by atoms with E-state index in [-0.39, 0.29) is 0 Å². The summed E-state index contributed by atoms with van der Waals surface area (Å²) < 4.78 is 16.3. The van der Waals surface area contributed by atoms with Crippen molar-refractivity contribution in [3.63, 3.8) is 0 Å². The lowest BCUT2D eigenvalue weighted by atomic mass is 9.91. The Morgan fingerprint density at radius 3 is 2.75 bits per heavy atom. The second-order valence-electron chi connectivity index (χ2n) is 4.89. The lowest BCUT2D eigenvalue weighted by Crippen LogP contribution is -2.14. The molecule has 0 amide bonds. The van der Waals surface area contributed by atoms with Crippen molar-refractivity contribution in [1.29, 1.82) is 0 Å². The van der Waals surface area contributed by atoms with E-state index >= 15 is 0 Å². The normalized spacial score (nSPS) is 16.2. The summed E-state index contributed by atoms with van der Waals surface area (Å²) in [7, 11) is 1.65. The number of ether oxygens (including phenoxy) is 2. The number of nitrogens with zero attached hydrogens (tertiary/aromatic N) is 1. The molecule has 2 heterocycles. The summed E-state index contributed by atoms with van der Waals surface area (Å²) >= 11 is 0. The SMILES string of the molecule is COc1ccccc1-c1c(N)noc1C1CCOCC1. The summed E-state index contributed by atoms with van der Waals surface area (Å²) in [4.78, 5) is 0. The van der Waals surface area contributed by atoms with Crippen LogP contribution in [0.1, 0.15) is 24.5 Å². The number of hydrogen-bond acceptors (Lipinski definition) is 5. The van der Waals surface area contributed by atoms with Crippen LogP contribution in [0.2, 0.25) is 0 Å². The molecular formula is C15H18N2O3. The largest absolute Gasteiger partial charge is 0.496 e. The number of rotatable bonds is 3. The van der Waals surface area contributed by atoms with Crippen molar-refractivity contribution >= 4 is 5.82 Å². The van der Waals surface area contributed by atoms with Crippen molar-refractivity contribution in [3.05, 3.63) is 30.0 Å². The number of nitrogen functional groups attached to an aromatic ring is 1. The average Bonchev–Trinajstić information content (AvgIpc) is 2.89. The van der Waals surface area contributed by atoms with Crippen molar-refractivity contribution < 1.29 is 14.0 Å². The van der Waals surface area contributed by atoms with Gasteiger partial charge < -0.3 is 19.7 Å². The Morgan fingerprint density at radius 2 is 2.00 bits per heavy atom. The Morgan fingerprint density at radius 1 is 1.25 bits per heavy atom. The molecule has 0 radical (unpaired) electrons. The molecule has 106 valence electrons. The zero-order chi connectivity index (χ0) is 13.9. The van der Waals surface area contributed by atoms with Gasteiger partial charge in [-0.25, -0.2) is 0 Å². The van der Waals surface area contributed by atoms with E-state index < -0.39 is 0 Å². The quantitative estimate of drug-likeness (QED) is 0.931. The highest BCUT2D eigenvalue weighted by atomic mass is 16.5. The molecule has 1 aliphatic heterocycles. The highest BCUT2D eigenvalue weighted by molar-refractivity contribution is 5.80. The third-order valence-corrected chi connectivity index (χ3v) is 3.71. The van der Waals surface area contributed by atoms with Crippen molar-refractivity contribution in [2.75, 3.05) is 26.1 Å². The standard InChI is InChI=1S/C15H18N2O3/c1-18-12-5-3-2-4-11(12)13-14(20-17-15(13)16)10-6-8-19-9-7-10/h2-5,10H,6-9H2,1H3,(H2,16,17). The Hall–Kier alpha value is -2.01. The second kappa shape index (κ2) is 5.54. The highest BCUT2D eigenvalue weighted by Gasteiger charge is 2.27. The first-order valence-electron chi connectivity index (χ1n) is 6.77. The Kier molecular flexibility index (Phi) is 3.60. The van der Waals surface area contributed by atoms with E-state index in [2.05, 4.69) is 5.16 Å².